The van der Waals surface area contributed by atoms with Gasteiger partial charge in [0.1, 0.15) is 5.52 Å². The molecular weight excluding hydrogens is 162 g/mol. The van der Waals surface area contributed by atoms with E-state index in [-0.39, 0.29) is 5.52 Å². The average molecular weight is 167 g/mol. The van der Waals surface area contributed by atoms with Crippen LogP contribution >= 0.6 is 0 Å². The average Bonchev–Trinajstić information content (AvgIpc) is 2.48. The number of aromatic nitrogens is 3. The lowest BCUT2D eigenvalue weighted by Crippen LogP contribution is -2.16. The van der Waals surface area contributed by atoms with Crippen LogP contribution in [0.3, 0.4) is 0 Å². The first-order chi connectivity index (χ1) is 5.70. The third-order valence-electron chi connectivity index (χ3n) is 1.56. The van der Waals surface area contributed by atoms with E-state index in [2.05, 4.69) is 9.97 Å². The molecule has 0 unspecified atom stereocenters. The summed E-state index contributed by atoms with van der Waals surface area (Å²) in [5.74, 6) is -0.559. The van der Waals surface area contributed by atoms with Crippen molar-refractivity contribution in [3.8, 4) is 5.75 Å². The molecule has 12 heavy (non-hydrogen) atoms. The Hall–Kier alpha value is -1.98. The standard InChI is InChI=1S/C6H5N3O3/c10-5-4-3(7-2-8-4)1-9(12)6(5)11/h1-2,10,12H,(H,7,8). The Morgan fingerprint density at radius 2 is 2.33 bits per heavy atom. The second-order valence-corrected chi connectivity index (χ2v) is 2.29. The number of nitrogens with zero attached hydrogens (tertiary/aromatic N) is 2. The maximum atomic E-state index is 10.9. The highest BCUT2D eigenvalue weighted by Gasteiger charge is 2.09. The Balaban J connectivity index is 3.05. The van der Waals surface area contributed by atoms with Crippen LogP contribution < -0.4 is 5.56 Å². The molecule has 0 aliphatic heterocycles. The molecule has 6 nitrogen and oxygen atoms in total. The summed E-state index contributed by atoms with van der Waals surface area (Å²) in [7, 11) is 0. The number of imidazole rings is 1. The highest BCUT2D eigenvalue weighted by Crippen LogP contribution is 2.14. The van der Waals surface area contributed by atoms with Gasteiger partial charge in [-0.25, -0.2) is 4.98 Å². The number of fused-ring (bicyclic) bond motifs is 1. The Morgan fingerprint density at radius 3 is 3.08 bits per heavy atom. The van der Waals surface area contributed by atoms with Crippen molar-refractivity contribution < 1.29 is 10.3 Å². The molecule has 0 saturated heterocycles. The molecule has 2 heterocycles. The van der Waals surface area contributed by atoms with Gasteiger partial charge in [0.2, 0.25) is 5.75 Å². The van der Waals surface area contributed by atoms with Gasteiger partial charge in [-0.15, -0.1) is 0 Å². The number of rotatable bonds is 0. The number of H-pyrrole nitrogens is 1. The summed E-state index contributed by atoms with van der Waals surface area (Å²) < 4.78 is 0.301. The zero-order valence-electron chi connectivity index (χ0n) is 5.85. The van der Waals surface area contributed by atoms with Crippen LogP contribution in [0.4, 0.5) is 0 Å². The fourth-order valence-electron chi connectivity index (χ4n) is 0.982. The fraction of sp³-hybridized carbons (Fsp3) is 0. The van der Waals surface area contributed by atoms with E-state index in [0.717, 1.165) is 6.20 Å². The quantitative estimate of drug-likeness (QED) is 0.468. The number of nitrogens with one attached hydrogen (secondary N) is 1. The van der Waals surface area contributed by atoms with Gasteiger partial charge in [-0.2, -0.15) is 4.73 Å². The number of hydrogen-bond acceptors (Lipinski definition) is 4. The summed E-state index contributed by atoms with van der Waals surface area (Å²) in [6.45, 7) is 0. The molecule has 0 radical (unpaired) electrons. The van der Waals surface area contributed by atoms with Gasteiger partial charge >= 0.3 is 5.56 Å². The Bertz CT molecular complexity index is 484. The zero-order valence-corrected chi connectivity index (χ0v) is 5.85. The van der Waals surface area contributed by atoms with E-state index in [1.165, 1.54) is 6.33 Å². The summed E-state index contributed by atoms with van der Waals surface area (Å²) in [4.78, 5) is 17.2. The van der Waals surface area contributed by atoms with Gasteiger partial charge in [0.05, 0.1) is 18.0 Å². The van der Waals surface area contributed by atoms with Crippen LogP contribution in [0.15, 0.2) is 17.3 Å². The van der Waals surface area contributed by atoms with E-state index >= 15 is 0 Å². The van der Waals surface area contributed by atoms with Crippen LogP contribution in [0.2, 0.25) is 0 Å². The van der Waals surface area contributed by atoms with Gasteiger partial charge in [-0.3, -0.25) is 4.79 Å². The van der Waals surface area contributed by atoms with Gasteiger partial charge < -0.3 is 15.3 Å². The normalized spacial score (nSPS) is 10.7. The smallest absolute Gasteiger partial charge is 0.327 e. The molecule has 0 fully saturated rings. The van der Waals surface area contributed by atoms with Crippen LogP contribution in [0.1, 0.15) is 0 Å². The number of hydrogen-bond donors (Lipinski definition) is 3. The molecule has 0 aliphatic rings. The lowest BCUT2D eigenvalue weighted by molar-refractivity contribution is 0.172. The molecule has 0 aliphatic carbocycles. The van der Waals surface area contributed by atoms with Crippen LogP contribution in [0.25, 0.3) is 11.0 Å². The molecule has 6 heteroatoms. The predicted molar refractivity (Wildman–Crippen MR) is 39.2 cm³/mol. The van der Waals surface area contributed by atoms with Crippen molar-refractivity contribution in [3.05, 3.63) is 22.9 Å². The van der Waals surface area contributed by atoms with E-state index in [1.807, 2.05) is 0 Å². The summed E-state index contributed by atoms with van der Waals surface area (Å²) in [6.07, 6.45) is 2.47. The second kappa shape index (κ2) is 2.00. The third-order valence-corrected chi connectivity index (χ3v) is 1.56. The predicted octanol–water partition coefficient (Wildman–Crippen LogP) is -0.333. The molecule has 3 N–H and O–H groups in total. The van der Waals surface area contributed by atoms with Crippen molar-refractivity contribution >= 4 is 11.0 Å². The van der Waals surface area contributed by atoms with Crippen molar-refractivity contribution in [2.75, 3.05) is 0 Å². The van der Waals surface area contributed by atoms with E-state index in [9.17, 15) is 4.79 Å². The molecule has 2 aromatic heterocycles. The van der Waals surface area contributed by atoms with E-state index < -0.39 is 11.3 Å². The van der Waals surface area contributed by atoms with Crippen molar-refractivity contribution in [3.63, 3.8) is 0 Å². The van der Waals surface area contributed by atoms with Gasteiger partial charge in [-0.1, -0.05) is 0 Å². The molecule has 62 valence electrons. The summed E-state index contributed by atoms with van der Waals surface area (Å²) in [6, 6.07) is 0. The van der Waals surface area contributed by atoms with Crippen molar-refractivity contribution in [1.29, 1.82) is 0 Å². The molecule has 0 amide bonds. The molecule has 0 atom stereocenters. The molecule has 0 spiro atoms. The number of pyridine rings is 1. The minimum Gasteiger partial charge on any atom is -0.501 e. The molecule has 0 bridgehead atoms. The minimum atomic E-state index is -0.880. The van der Waals surface area contributed by atoms with Crippen molar-refractivity contribution in [1.82, 2.24) is 14.7 Å². The van der Waals surface area contributed by atoms with Gasteiger partial charge in [0.15, 0.2) is 0 Å². The zero-order chi connectivity index (χ0) is 8.72. The maximum Gasteiger partial charge on any atom is 0.327 e. The van der Waals surface area contributed by atoms with E-state index in [1.54, 1.807) is 0 Å². The Labute approximate surface area is 65.7 Å². The van der Waals surface area contributed by atoms with E-state index in [0.29, 0.717) is 10.2 Å². The van der Waals surface area contributed by atoms with E-state index in [4.69, 9.17) is 10.3 Å². The second-order valence-electron chi connectivity index (χ2n) is 2.29. The lowest BCUT2D eigenvalue weighted by atomic mass is 10.4. The van der Waals surface area contributed by atoms with Crippen molar-refractivity contribution in [2.45, 2.75) is 0 Å². The van der Waals surface area contributed by atoms with Crippen LogP contribution in [0.5, 0.6) is 5.75 Å². The van der Waals surface area contributed by atoms with Gasteiger partial charge in [-0.05, 0) is 0 Å². The van der Waals surface area contributed by atoms with Crippen molar-refractivity contribution in [2.24, 2.45) is 0 Å². The Kier molecular flexibility index (Phi) is 1.12. The fourth-order valence-corrected chi connectivity index (χ4v) is 0.982. The SMILES string of the molecule is O=c1c(O)c2nc[nH]c2cn1O. The molecule has 2 rings (SSSR count). The lowest BCUT2D eigenvalue weighted by Gasteiger charge is -1.96. The van der Waals surface area contributed by atoms with Gasteiger partial charge in [0, 0.05) is 0 Å². The summed E-state index contributed by atoms with van der Waals surface area (Å²) >= 11 is 0. The first-order valence-electron chi connectivity index (χ1n) is 3.17. The van der Waals surface area contributed by atoms with Crippen LogP contribution in [-0.2, 0) is 0 Å². The summed E-state index contributed by atoms with van der Waals surface area (Å²) in [5, 5.41) is 18.1. The largest absolute Gasteiger partial charge is 0.501 e. The monoisotopic (exact) mass is 167 g/mol. The topological polar surface area (TPSA) is 91.1 Å². The summed E-state index contributed by atoms with van der Waals surface area (Å²) in [5.41, 5.74) is -0.325. The van der Waals surface area contributed by atoms with Gasteiger partial charge in [0.25, 0.3) is 0 Å². The van der Waals surface area contributed by atoms with Crippen LogP contribution in [-0.4, -0.2) is 25.0 Å². The first-order valence-corrected chi connectivity index (χ1v) is 3.17. The molecule has 0 aromatic carbocycles. The minimum absolute atomic E-state index is 0.158. The Morgan fingerprint density at radius 1 is 1.58 bits per heavy atom. The highest BCUT2D eigenvalue weighted by atomic mass is 16.5. The van der Waals surface area contributed by atoms with Crippen LogP contribution in [0, 0.1) is 0 Å². The molecular formula is C6H5N3O3. The first kappa shape index (κ1) is 6.71. The number of aromatic amines is 1. The highest BCUT2D eigenvalue weighted by molar-refractivity contribution is 5.79. The molecule has 2 aromatic rings. The maximum absolute atomic E-state index is 10.9. The number of aromatic hydroxyl groups is 1. The molecule has 0 saturated carbocycles. The third kappa shape index (κ3) is 0.685.